The molecule has 3 aromatic rings. The molecule has 0 bridgehead atoms. The molecule has 33 heavy (non-hydrogen) atoms. The number of carbonyl (C=O) groups is 2. The van der Waals surface area contributed by atoms with Gasteiger partial charge in [0, 0.05) is 27.3 Å². The van der Waals surface area contributed by atoms with Gasteiger partial charge in [0.15, 0.2) is 23.2 Å². The van der Waals surface area contributed by atoms with Crippen molar-refractivity contribution in [2.45, 2.75) is 0 Å². The van der Waals surface area contributed by atoms with Crippen LogP contribution in [-0.4, -0.2) is 30.5 Å². The largest absolute Gasteiger partial charge is 0.493 e. The highest BCUT2D eigenvalue weighted by Crippen LogP contribution is 2.29. The van der Waals surface area contributed by atoms with Gasteiger partial charge in [-0.3, -0.25) is 14.9 Å². The number of amides is 2. The number of hydrogen-bond acceptors (Lipinski definition) is 7. The zero-order valence-corrected chi connectivity index (χ0v) is 19.4. The van der Waals surface area contributed by atoms with Crippen molar-refractivity contribution >= 4 is 63.2 Å². The summed E-state index contributed by atoms with van der Waals surface area (Å²) in [5.41, 5.74) is 0.725. The molecule has 0 aliphatic heterocycles. The van der Waals surface area contributed by atoms with Crippen LogP contribution in [-0.2, 0) is 9.59 Å². The smallest absolute Gasteiger partial charge is 0.266 e. The summed E-state index contributed by atoms with van der Waals surface area (Å²) in [5.74, 6) is -0.361. The van der Waals surface area contributed by atoms with Crippen LogP contribution in [0.1, 0.15) is 5.56 Å². The van der Waals surface area contributed by atoms with Crippen molar-refractivity contribution in [1.29, 1.82) is 5.26 Å². The normalized spacial score (nSPS) is 10.8. The minimum atomic E-state index is -0.631. The molecule has 2 N–H and O–H groups in total. The molecule has 0 saturated heterocycles. The fourth-order valence-corrected chi connectivity index (χ4v) is 3.69. The number of hydrogen-bond donors (Lipinski definition) is 2. The van der Waals surface area contributed by atoms with Crippen LogP contribution in [0.25, 0.3) is 6.08 Å². The van der Waals surface area contributed by atoms with Crippen LogP contribution in [0.5, 0.6) is 11.5 Å². The third-order valence-corrected chi connectivity index (χ3v) is 5.15. The van der Waals surface area contributed by atoms with E-state index in [1.54, 1.807) is 29.8 Å². The highest BCUT2D eigenvalue weighted by molar-refractivity contribution is 7.13. The van der Waals surface area contributed by atoms with E-state index in [1.165, 1.54) is 42.7 Å². The molecule has 11 heteroatoms. The van der Waals surface area contributed by atoms with Crippen LogP contribution < -0.4 is 20.1 Å². The van der Waals surface area contributed by atoms with Crippen molar-refractivity contribution < 1.29 is 19.1 Å². The number of nitrogens with zero attached hydrogens (tertiary/aromatic N) is 2. The maximum atomic E-state index is 12.5. The standard InChI is InChI=1S/C22H16Cl2N4O4S/c1-31-19-7-13(2-3-18(19)32-12-20(29)28-22-26-4-5-33-22)6-14(11-25)21(30)27-17-9-15(23)8-16(24)10-17/h2-10H,12H2,1H3,(H,27,30)(H,26,28,29). The molecule has 0 aliphatic carbocycles. The number of aromatic nitrogens is 1. The van der Waals surface area contributed by atoms with Gasteiger partial charge in [0.25, 0.3) is 11.8 Å². The molecule has 0 fully saturated rings. The van der Waals surface area contributed by atoms with E-state index in [0.717, 1.165) is 0 Å². The van der Waals surface area contributed by atoms with Crippen LogP contribution in [0, 0.1) is 11.3 Å². The van der Waals surface area contributed by atoms with Gasteiger partial charge in [-0.25, -0.2) is 4.98 Å². The van der Waals surface area contributed by atoms with E-state index in [0.29, 0.717) is 37.9 Å². The summed E-state index contributed by atoms with van der Waals surface area (Å²) < 4.78 is 10.8. The molecular weight excluding hydrogens is 487 g/mol. The van der Waals surface area contributed by atoms with E-state index >= 15 is 0 Å². The van der Waals surface area contributed by atoms with Crippen molar-refractivity contribution in [3.63, 3.8) is 0 Å². The number of benzene rings is 2. The molecule has 0 saturated carbocycles. The predicted octanol–water partition coefficient (Wildman–Crippen LogP) is 5.02. The van der Waals surface area contributed by atoms with Crippen LogP contribution in [0.4, 0.5) is 10.8 Å². The van der Waals surface area contributed by atoms with Crippen LogP contribution in [0.15, 0.2) is 53.5 Å². The Bertz CT molecular complexity index is 1220. The fourth-order valence-electron chi connectivity index (χ4n) is 2.62. The molecule has 2 amide bonds. The number of nitriles is 1. The Morgan fingerprint density at radius 2 is 1.91 bits per heavy atom. The molecule has 0 unspecified atom stereocenters. The lowest BCUT2D eigenvalue weighted by Gasteiger charge is -2.11. The minimum Gasteiger partial charge on any atom is -0.493 e. The second-order valence-electron chi connectivity index (χ2n) is 6.37. The van der Waals surface area contributed by atoms with Gasteiger partial charge in [-0.05, 0) is 42.0 Å². The van der Waals surface area contributed by atoms with Crippen molar-refractivity contribution in [3.8, 4) is 17.6 Å². The molecule has 1 heterocycles. The van der Waals surface area contributed by atoms with Crippen LogP contribution >= 0.6 is 34.5 Å². The summed E-state index contributed by atoms with van der Waals surface area (Å²) >= 11 is 13.2. The predicted molar refractivity (Wildman–Crippen MR) is 128 cm³/mol. The van der Waals surface area contributed by atoms with E-state index in [2.05, 4.69) is 15.6 Å². The minimum absolute atomic E-state index is 0.148. The van der Waals surface area contributed by atoms with Gasteiger partial charge in [-0.15, -0.1) is 11.3 Å². The van der Waals surface area contributed by atoms with Crippen molar-refractivity contribution in [1.82, 2.24) is 4.98 Å². The molecule has 3 rings (SSSR count). The molecule has 0 atom stereocenters. The van der Waals surface area contributed by atoms with E-state index in [1.807, 2.05) is 6.07 Å². The van der Waals surface area contributed by atoms with Gasteiger partial charge in [0.2, 0.25) is 0 Å². The van der Waals surface area contributed by atoms with E-state index in [9.17, 15) is 14.9 Å². The monoisotopic (exact) mass is 502 g/mol. The average Bonchev–Trinajstić information content (AvgIpc) is 3.28. The Hall–Kier alpha value is -3.58. The Labute approximate surface area is 203 Å². The topological polar surface area (TPSA) is 113 Å². The summed E-state index contributed by atoms with van der Waals surface area (Å²) in [7, 11) is 1.44. The molecular formula is C22H16Cl2N4O4S. The maximum Gasteiger partial charge on any atom is 0.266 e. The van der Waals surface area contributed by atoms with Gasteiger partial charge < -0.3 is 14.8 Å². The third-order valence-electron chi connectivity index (χ3n) is 4.02. The number of methoxy groups -OCH3 is 1. The van der Waals surface area contributed by atoms with Gasteiger partial charge in [-0.1, -0.05) is 29.3 Å². The molecule has 0 radical (unpaired) electrons. The number of nitrogens with one attached hydrogen (secondary N) is 2. The first-order chi connectivity index (χ1) is 15.9. The molecule has 0 aliphatic rings. The SMILES string of the molecule is COc1cc(C=C(C#N)C(=O)Nc2cc(Cl)cc(Cl)c2)ccc1OCC(=O)Nc1nccs1. The molecule has 8 nitrogen and oxygen atoms in total. The lowest BCUT2D eigenvalue weighted by atomic mass is 10.1. The Balaban J connectivity index is 1.70. The highest BCUT2D eigenvalue weighted by atomic mass is 35.5. The summed E-state index contributed by atoms with van der Waals surface area (Å²) in [6, 6.07) is 11.2. The van der Waals surface area contributed by atoms with Crippen molar-refractivity contribution in [3.05, 3.63) is 69.2 Å². The maximum absolute atomic E-state index is 12.5. The third kappa shape index (κ3) is 6.95. The summed E-state index contributed by atoms with van der Waals surface area (Å²) in [5, 5.41) is 17.5. The molecule has 1 aromatic heterocycles. The first-order valence-corrected chi connectivity index (χ1v) is 10.9. The second kappa shape index (κ2) is 11.3. The number of ether oxygens (including phenoxy) is 2. The molecule has 168 valence electrons. The highest BCUT2D eigenvalue weighted by Gasteiger charge is 2.13. The van der Waals surface area contributed by atoms with Gasteiger partial charge in [0.1, 0.15) is 11.6 Å². The number of thiazole rings is 1. The van der Waals surface area contributed by atoms with Crippen molar-refractivity contribution in [2.24, 2.45) is 0 Å². The Morgan fingerprint density at radius 3 is 2.55 bits per heavy atom. The number of rotatable bonds is 8. The average molecular weight is 503 g/mol. The summed E-state index contributed by atoms with van der Waals surface area (Å²) in [4.78, 5) is 28.5. The summed E-state index contributed by atoms with van der Waals surface area (Å²) in [6.07, 6.45) is 2.97. The molecule has 0 spiro atoms. The lowest BCUT2D eigenvalue weighted by Crippen LogP contribution is -2.20. The molecule has 2 aromatic carbocycles. The number of carbonyl (C=O) groups excluding carboxylic acids is 2. The van der Waals surface area contributed by atoms with Gasteiger partial charge in [0.05, 0.1) is 7.11 Å². The van der Waals surface area contributed by atoms with Crippen LogP contribution in [0.3, 0.4) is 0 Å². The summed E-state index contributed by atoms with van der Waals surface area (Å²) in [6.45, 7) is -0.251. The Morgan fingerprint density at radius 1 is 1.15 bits per heavy atom. The number of anilines is 2. The first kappa shape index (κ1) is 24.1. The van der Waals surface area contributed by atoms with Crippen LogP contribution in [0.2, 0.25) is 10.0 Å². The number of halogens is 2. The van der Waals surface area contributed by atoms with E-state index < -0.39 is 5.91 Å². The fraction of sp³-hybridized carbons (Fsp3) is 0.0909. The lowest BCUT2D eigenvalue weighted by molar-refractivity contribution is -0.118. The van der Waals surface area contributed by atoms with Gasteiger partial charge in [-0.2, -0.15) is 5.26 Å². The zero-order chi connectivity index (χ0) is 23.8. The Kier molecular flexibility index (Phi) is 8.27. The van der Waals surface area contributed by atoms with Gasteiger partial charge >= 0.3 is 0 Å². The van der Waals surface area contributed by atoms with E-state index in [4.69, 9.17) is 32.7 Å². The van der Waals surface area contributed by atoms with E-state index in [-0.39, 0.29) is 18.1 Å². The van der Waals surface area contributed by atoms with Crippen molar-refractivity contribution in [2.75, 3.05) is 24.4 Å². The second-order valence-corrected chi connectivity index (χ2v) is 8.13. The first-order valence-electron chi connectivity index (χ1n) is 9.27. The zero-order valence-electron chi connectivity index (χ0n) is 17.1. The quantitative estimate of drug-likeness (QED) is 0.330.